The minimum absolute atomic E-state index is 0.00920. The van der Waals surface area contributed by atoms with E-state index in [0.29, 0.717) is 5.69 Å². The standard InChI is InChI=1S/C19H18F4N2O3S/c1-25(10-13-4-2-3-5-16(13)28-19(21,22)23)18(27)12-29-11-17(26)24-15-8-6-14(20)7-9-15/h2-9H,10-12H2,1H3,(H,24,26). The highest BCUT2D eigenvalue weighted by Gasteiger charge is 2.32. The Hall–Kier alpha value is -2.75. The molecule has 0 heterocycles. The average molecular weight is 430 g/mol. The molecule has 0 spiro atoms. The number of benzene rings is 2. The minimum Gasteiger partial charge on any atom is -0.405 e. The van der Waals surface area contributed by atoms with Crippen LogP contribution in [-0.2, 0) is 16.1 Å². The van der Waals surface area contributed by atoms with Crippen molar-refractivity contribution in [3.8, 4) is 5.75 Å². The van der Waals surface area contributed by atoms with E-state index in [2.05, 4.69) is 10.1 Å². The van der Waals surface area contributed by atoms with Gasteiger partial charge in [0.05, 0.1) is 11.5 Å². The molecule has 0 atom stereocenters. The van der Waals surface area contributed by atoms with Gasteiger partial charge in [-0.3, -0.25) is 9.59 Å². The molecule has 0 aliphatic heterocycles. The molecule has 5 nitrogen and oxygen atoms in total. The number of thioether (sulfide) groups is 1. The van der Waals surface area contributed by atoms with Crippen molar-refractivity contribution in [1.82, 2.24) is 4.90 Å². The summed E-state index contributed by atoms with van der Waals surface area (Å²) in [6.45, 7) is -0.0760. The van der Waals surface area contributed by atoms with Crippen molar-refractivity contribution in [3.63, 3.8) is 0 Å². The van der Waals surface area contributed by atoms with Gasteiger partial charge in [-0.15, -0.1) is 24.9 Å². The fourth-order valence-electron chi connectivity index (χ4n) is 2.27. The van der Waals surface area contributed by atoms with Crippen molar-refractivity contribution >= 4 is 29.3 Å². The zero-order chi connectivity index (χ0) is 21.4. The maximum atomic E-state index is 12.8. The lowest BCUT2D eigenvalue weighted by molar-refractivity contribution is -0.275. The molecule has 29 heavy (non-hydrogen) atoms. The van der Waals surface area contributed by atoms with Crippen LogP contribution in [-0.4, -0.2) is 41.6 Å². The number of carbonyl (C=O) groups is 2. The molecule has 1 N–H and O–H groups in total. The number of nitrogens with one attached hydrogen (secondary N) is 1. The lowest BCUT2D eigenvalue weighted by Crippen LogP contribution is -2.29. The molecule has 156 valence electrons. The molecule has 2 rings (SSSR count). The second kappa shape index (κ2) is 10.1. The van der Waals surface area contributed by atoms with Crippen LogP contribution >= 0.6 is 11.8 Å². The van der Waals surface area contributed by atoms with Gasteiger partial charge in [0.15, 0.2) is 0 Å². The first-order valence-electron chi connectivity index (χ1n) is 8.35. The number of nitrogens with zero attached hydrogens (tertiary/aromatic N) is 1. The predicted octanol–water partition coefficient (Wildman–Crippen LogP) is 4.05. The van der Waals surface area contributed by atoms with Gasteiger partial charge >= 0.3 is 6.36 Å². The van der Waals surface area contributed by atoms with E-state index in [1.54, 1.807) is 6.07 Å². The zero-order valence-corrected chi connectivity index (χ0v) is 16.1. The Morgan fingerprint density at radius 2 is 1.72 bits per heavy atom. The fraction of sp³-hybridized carbons (Fsp3) is 0.263. The van der Waals surface area contributed by atoms with E-state index in [4.69, 9.17) is 0 Å². The highest BCUT2D eigenvalue weighted by molar-refractivity contribution is 8.00. The summed E-state index contributed by atoms with van der Waals surface area (Å²) in [6, 6.07) is 10.8. The van der Waals surface area contributed by atoms with Crippen LogP contribution in [0.4, 0.5) is 23.2 Å². The monoisotopic (exact) mass is 430 g/mol. The average Bonchev–Trinajstić information content (AvgIpc) is 2.64. The molecule has 0 saturated carbocycles. The smallest absolute Gasteiger partial charge is 0.405 e. The summed E-state index contributed by atoms with van der Waals surface area (Å²) in [4.78, 5) is 25.3. The van der Waals surface area contributed by atoms with Crippen molar-refractivity contribution in [3.05, 3.63) is 59.9 Å². The van der Waals surface area contributed by atoms with Crippen molar-refractivity contribution in [1.29, 1.82) is 0 Å². The van der Waals surface area contributed by atoms with Gasteiger partial charge in [-0.25, -0.2) is 4.39 Å². The second-order valence-electron chi connectivity index (χ2n) is 5.95. The molecule has 0 unspecified atom stereocenters. The lowest BCUT2D eigenvalue weighted by atomic mass is 10.2. The number of carbonyl (C=O) groups excluding carboxylic acids is 2. The van der Waals surface area contributed by atoms with Gasteiger partial charge in [-0.05, 0) is 30.3 Å². The number of alkyl halides is 3. The highest BCUT2D eigenvalue weighted by atomic mass is 32.2. The van der Waals surface area contributed by atoms with E-state index in [9.17, 15) is 27.2 Å². The number of halogens is 4. The van der Waals surface area contributed by atoms with Gasteiger partial charge in [-0.2, -0.15) is 0 Å². The van der Waals surface area contributed by atoms with Crippen LogP contribution in [0, 0.1) is 5.82 Å². The first-order valence-corrected chi connectivity index (χ1v) is 9.50. The van der Waals surface area contributed by atoms with Crippen LogP contribution in [0.5, 0.6) is 5.75 Å². The Balaban J connectivity index is 1.81. The van der Waals surface area contributed by atoms with Gasteiger partial charge in [0.25, 0.3) is 0 Å². The van der Waals surface area contributed by atoms with Crippen LogP contribution in [0.2, 0.25) is 0 Å². The maximum Gasteiger partial charge on any atom is 0.573 e. The number of amides is 2. The molecule has 2 aromatic rings. The van der Waals surface area contributed by atoms with Gasteiger partial charge in [0, 0.05) is 24.8 Å². The molecule has 0 saturated heterocycles. The van der Waals surface area contributed by atoms with Crippen LogP contribution in [0.15, 0.2) is 48.5 Å². The maximum absolute atomic E-state index is 12.8. The van der Waals surface area contributed by atoms with Gasteiger partial charge < -0.3 is 15.0 Å². The normalized spacial score (nSPS) is 11.1. The fourth-order valence-corrected chi connectivity index (χ4v) is 3.03. The number of hydrogen-bond acceptors (Lipinski definition) is 4. The van der Waals surface area contributed by atoms with Crippen LogP contribution in [0.3, 0.4) is 0 Å². The zero-order valence-electron chi connectivity index (χ0n) is 15.3. The van der Waals surface area contributed by atoms with E-state index in [1.807, 2.05) is 0 Å². The summed E-state index contributed by atoms with van der Waals surface area (Å²) in [5.41, 5.74) is 0.640. The molecule has 0 fully saturated rings. The highest BCUT2D eigenvalue weighted by Crippen LogP contribution is 2.27. The van der Waals surface area contributed by atoms with Crippen molar-refractivity contribution in [2.75, 3.05) is 23.9 Å². The Morgan fingerprint density at radius 1 is 1.07 bits per heavy atom. The molecule has 0 aliphatic carbocycles. The minimum atomic E-state index is -4.83. The predicted molar refractivity (Wildman–Crippen MR) is 102 cm³/mol. The number of para-hydroxylation sites is 1. The summed E-state index contributed by atoms with van der Waals surface area (Å²) in [5, 5.41) is 2.57. The van der Waals surface area contributed by atoms with Crippen molar-refractivity contribution in [2.24, 2.45) is 0 Å². The molecule has 0 aliphatic rings. The molecular weight excluding hydrogens is 412 g/mol. The quantitative estimate of drug-likeness (QED) is 0.642. The Kier molecular flexibility index (Phi) is 7.89. The van der Waals surface area contributed by atoms with Crippen molar-refractivity contribution < 1.29 is 31.9 Å². The molecule has 2 amide bonds. The number of anilines is 1. The summed E-state index contributed by atoms with van der Waals surface area (Å²) < 4.78 is 54.2. The van der Waals surface area contributed by atoms with Crippen molar-refractivity contribution in [2.45, 2.75) is 12.9 Å². The molecule has 0 radical (unpaired) electrons. The van der Waals surface area contributed by atoms with E-state index in [-0.39, 0.29) is 41.2 Å². The SMILES string of the molecule is CN(Cc1ccccc1OC(F)(F)F)C(=O)CSCC(=O)Nc1ccc(F)cc1. The van der Waals surface area contributed by atoms with Gasteiger partial charge in [-0.1, -0.05) is 18.2 Å². The Bertz CT molecular complexity index is 844. The topological polar surface area (TPSA) is 58.6 Å². The first kappa shape index (κ1) is 22.5. The Labute approximate surface area is 169 Å². The third-order valence-electron chi connectivity index (χ3n) is 3.62. The van der Waals surface area contributed by atoms with E-state index >= 15 is 0 Å². The summed E-state index contributed by atoms with van der Waals surface area (Å²) >= 11 is 1.06. The molecule has 0 aromatic heterocycles. The number of rotatable bonds is 8. The number of ether oxygens (including phenoxy) is 1. The van der Waals surface area contributed by atoms with Gasteiger partial charge in [0.2, 0.25) is 11.8 Å². The summed E-state index contributed by atoms with van der Waals surface area (Å²) in [7, 11) is 1.45. The van der Waals surface area contributed by atoms with Crippen LogP contribution < -0.4 is 10.1 Å². The third-order valence-corrected chi connectivity index (χ3v) is 4.54. The van der Waals surface area contributed by atoms with Gasteiger partial charge in [0.1, 0.15) is 11.6 Å². The summed E-state index contributed by atoms with van der Waals surface area (Å²) in [5.74, 6) is -1.55. The summed E-state index contributed by atoms with van der Waals surface area (Å²) in [6.07, 6.45) is -4.83. The van der Waals surface area contributed by atoms with E-state index in [0.717, 1.165) is 11.8 Å². The molecular formula is C19H18F4N2O3S. The molecule has 10 heteroatoms. The largest absolute Gasteiger partial charge is 0.573 e. The van der Waals surface area contributed by atoms with Crippen LogP contribution in [0.25, 0.3) is 0 Å². The first-order chi connectivity index (χ1) is 13.6. The van der Waals surface area contributed by atoms with E-state index in [1.165, 1.54) is 54.4 Å². The second-order valence-corrected chi connectivity index (χ2v) is 6.94. The van der Waals surface area contributed by atoms with Crippen LogP contribution in [0.1, 0.15) is 5.56 Å². The Morgan fingerprint density at radius 3 is 2.38 bits per heavy atom. The third kappa shape index (κ3) is 8.02. The van der Waals surface area contributed by atoms with E-state index < -0.39 is 12.2 Å². The number of hydrogen-bond donors (Lipinski definition) is 1. The lowest BCUT2D eigenvalue weighted by Gasteiger charge is -2.19. The molecule has 2 aromatic carbocycles. The molecule has 0 bridgehead atoms.